The quantitative estimate of drug-likeness (QED) is 0.826. The number of hydrogen-bond donors (Lipinski definition) is 1. The second kappa shape index (κ2) is 7.22. The normalized spacial score (nSPS) is 10.9. The van der Waals surface area contributed by atoms with Crippen LogP contribution in [0.4, 0.5) is 0 Å². The van der Waals surface area contributed by atoms with E-state index in [0.717, 1.165) is 48.8 Å². The van der Waals surface area contributed by atoms with E-state index in [4.69, 9.17) is 0 Å². The SMILES string of the molecule is CCNCCCc1c(C)nc(-c2ccnc(C)n2)nc1C. The molecular formula is C16H23N5. The lowest BCUT2D eigenvalue weighted by Crippen LogP contribution is -2.15. The molecule has 21 heavy (non-hydrogen) atoms. The Morgan fingerprint density at radius 1 is 1.05 bits per heavy atom. The van der Waals surface area contributed by atoms with Gasteiger partial charge in [0.1, 0.15) is 11.5 Å². The summed E-state index contributed by atoms with van der Waals surface area (Å²) in [5, 5.41) is 3.34. The van der Waals surface area contributed by atoms with Crippen molar-refractivity contribution in [1.82, 2.24) is 25.3 Å². The van der Waals surface area contributed by atoms with Crippen LogP contribution in [0.2, 0.25) is 0 Å². The summed E-state index contributed by atoms with van der Waals surface area (Å²) in [7, 11) is 0. The number of nitrogens with one attached hydrogen (secondary N) is 1. The molecule has 0 atom stereocenters. The zero-order valence-electron chi connectivity index (χ0n) is 13.3. The van der Waals surface area contributed by atoms with Gasteiger partial charge in [-0.25, -0.2) is 19.9 Å². The molecule has 0 fully saturated rings. The minimum Gasteiger partial charge on any atom is -0.317 e. The van der Waals surface area contributed by atoms with E-state index < -0.39 is 0 Å². The molecule has 0 bridgehead atoms. The molecule has 0 spiro atoms. The largest absolute Gasteiger partial charge is 0.317 e. The Balaban J connectivity index is 2.20. The summed E-state index contributed by atoms with van der Waals surface area (Å²) >= 11 is 0. The Labute approximate surface area is 126 Å². The number of hydrogen-bond acceptors (Lipinski definition) is 5. The predicted molar refractivity (Wildman–Crippen MR) is 84.1 cm³/mol. The zero-order valence-corrected chi connectivity index (χ0v) is 13.3. The van der Waals surface area contributed by atoms with Gasteiger partial charge in [0.2, 0.25) is 0 Å². The average molecular weight is 285 g/mol. The van der Waals surface area contributed by atoms with Crippen molar-refractivity contribution in [2.75, 3.05) is 13.1 Å². The molecule has 0 aliphatic heterocycles. The molecule has 0 amide bonds. The van der Waals surface area contributed by atoms with Gasteiger partial charge in [0.25, 0.3) is 0 Å². The summed E-state index contributed by atoms with van der Waals surface area (Å²) in [5.74, 6) is 1.42. The summed E-state index contributed by atoms with van der Waals surface area (Å²) in [6.45, 7) is 10.1. The summed E-state index contributed by atoms with van der Waals surface area (Å²) in [4.78, 5) is 17.8. The lowest BCUT2D eigenvalue weighted by Gasteiger charge is -2.11. The van der Waals surface area contributed by atoms with Crippen molar-refractivity contribution in [2.24, 2.45) is 0 Å². The standard InChI is InChI=1S/C16H23N5/c1-5-17-9-6-7-14-11(2)19-16(20-12(14)3)15-8-10-18-13(4)21-15/h8,10,17H,5-7,9H2,1-4H3. The van der Waals surface area contributed by atoms with E-state index in [1.54, 1.807) is 6.20 Å². The number of nitrogens with zero attached hydrogens (tertiary/aromatic N) is 4. The minimum absolute atomic E-state index is 0.686. The van der Waals surface area contributed by atoms with Gasteiger partial charge in [-0.3, -0.25) is 0 Å². The molecule has 0 radical (unpaired) electrons. The topological polar surface area (TPSA) is 63.6 Å². The molecule has 2 rings (SSSR count). The Bertz CT molecular complexity index is 586. The first kappa shape index (κ1) is 15.5. The van der Waals surface area contributed by atoms with Crippen LogP contribution in [0.3, 0.4) is 0 Å². The van der Waals surface area contributed by atoms with E-state index in [-0.39, 0.29) is 0 Å². The van der Waals surface area contributed by atoms with Crippen molar-refractivity contribution in [3.05, 3.63) is 35.0 Å². The van der Waals surface area contributed by atoms with Crippen LogP contribution in [0.1, 0.15) is 36.1 Å². The molecule has 0 saturated heterocycles. The molecule has 2 aromatic heterocycles. The monoisotopic (exact) mass is 285 g/mol. The zero-order chi connectivity index (χ0) is 15.2. The van der Waals surface area contributed by atoms with Crippen LogP contribution in [-0.2, 0) is 6.42 Å². The van der Waals surface area contributed by atoms with E-state index in [1.807, 2.05) is 13.0 Å². The van der Waals surface area contributed by atoms with Crippen molar-refractivity contribution < 1.29 is 0 Å². The maximum atomic E-state index is 4.62. The molecule has 0 unspecified atom stereocenters. The molecule has 0 aromatic carbocycles. The van der Waals surface area contributed by atoms with Gasteiger partial charge >= 0.3 is 0 Å². The van der Waals surface area contributed by atoms with E-state index in [0.29, 0.717) is 5.82 Å². The van der Waals surface area contributed by atoms with E-state index >= 15 is 0 Å². The van der Waals surface area contributed by atoms with Gasteiger partial charge in [0, 0.05) is 17.6 Å². The lowest BCUT2D eigenvalue weighted by atomic mass is 10.1. The van der Waals surface area contributed by atoms with E-state index in [2.05, 4.69) is 46.0 Å². The Hall–Kier alpha value is -1.88. The van der Waals surface area contributed by atoms with Crippen molar-refractivity contribution in [3.63, 3.8) is 0 Å². The molecule has 112 valence electrons. The fourth-order valence-electron chi connectivity index (χ4n) is 2.36. The smallest absolute Gasteiger partial charge is 0.178 e. The third-order valence-electron chi connectivity index (χ3n) is 3.46. The third-order valence-corrected chi connectivity index (χ3v) is 3.46. The van der Waals surface area contributed by atoms with Crippen molar-refractivity contribution in [2.45, 2.75) is 40.5 Å². The van der Waals surface area contributed by atoms with Crippen molar-refractivity contribution >= 4 is 0 Å². The summed E-state index contributed by atoms with van der Waals surface area (Å²) in [6, 6.07) is 1.85. The van der Waals surface area contributed by atoms with Gasteiger partial charge in [-0.15, -0.1) is 0 Å². The highest BCUT2D eigenvalue weighted by Gasteiger charge is 2.11. The highest BCUT2D eigenvalue weighted by atomic mass is 15.0. The molecule has 0 aliphatic rings. The predicted octanol–water partition coefficient (Wildman–Crippen LogP) is 2.40. The summed E-state index contributed by atoms with van der Waals surface area (Å²) in [6.07, 6.45) is 3.86. The van der Waals surface area contributed by atoms with Gasteiger partial charge in [-0.1, -0.05) is 6.92 Å². The first-order chi connectivity index (χ1) is 10.1. The van der Waals surface area contributed by atoms with Crippen molar-refractivity contribution in [3.8, 4) is 11.5 Å². The van der Waals surface area contributed by atoms with Gasteiger partial charge in [-0.05, 0) is 58.3 Å². The summed E-state index contributed by atoms with van der Waals surface area (Å²) < 4.78 is 0. The molecule has 2 aromatic rings. The van der Waals surface area contributed by atoms with Gasteiger partial charge < -0.3 is 5.32 Å². The Morgan fingerprint density at radius 3 is 2.38 bits per heavy atom. The highest BCUT2D eigenvalue weighted by molar-refractivity contribution is 5.49. The first-order valence-corrected chi connectivity index (χ1v) is 7.46. The fourth-order valence-corrected chi connectivity index (χ4v) is 2.36. The van der Waals surface area contributed by atoms with Gasteiger partial charge in [0.15, 0.2) is 5.82 Å². The van der Waals surface area contributed by atoms with Crippen LogP contribution in [0.15, 0.2) is 12.3 Å². The first-order valence-electron chi connectivity index (χ1n) is 7.46. The Morgan fingerprint density at radius 2 is 1.76 bits per heavy atom. The van der Waals surface area contributed by atoms with Crippen LogP contribution >= 0.6 is 0 Å². The lowest BCUT2D eigenvalue weighted by molar-refractivity contribution is 0.667. The Kier molecular flexibility index (Phi) is 5.33. The second-order valence-corrected chi connectivity index (χ2v) is 5.14. The van der Waals surface area contributed by atoms with Crippen LogP contribution in [0, 0.1) is 20.8 Å². The van der Waals surface area contributed by atoms with Crippen LogP contribution in [-0.4, -0.2) is 33.0 Å². The number of aryl methyl sites for hydroxylation is 3. The molecular weight excluding hydrogens is 262 g/mol. The third kappa shape index (κ3) is 4.04. The van der Waals surface area contributed by atoms with Gasteiger partial charge in [-0.2, -0.15) is 0 Å². The minimum atomic E-state index is 0.686. The van der Waals surface area contributed by atoms with Gasteiger partial charge in [0.05, 0.1) is 0 Å². The maximum Gasteiger partial charge on any atom is 0.178 e. The summed E-state index contributed by atoms with van der Waals surface area (Å²) in [5.41, 5.74) is 4.13. The average Bonchev–Trinajstić information content (AvgIpc) is 2.45. The number of rotatable bonds is 6. The van der Waals surface area contributed by atoms with Crippen LogP contribution < -0.4 is 5.32 Å². The molecule has 0 saturated carbocycles. The highest BCUT2D eigenvalue weighted by Crippen LogP contribution is 2.18. The maximum absolute atomic E-state index is 4.62. The van der Waals surface area contributed by atoms with E-state index in [1.165, 1.54) is 5.56 Å². The fraction of sp³-hybridized carbons (Fsp3) is 0.500. The molecule has 5 heteroatoms. The molecule has 2 heterocycles. The molecule has 1 N–H and O–H groups in total. The van der Waals surface area contributed by atoms with Crippen LogP contribution in [0.25, 0.3) is 11.5 Å². The molecule has 5 nitrogen and oxygen atoms in total. The second-order valence-electron chi connectivity index (χ2n) is 5.14. The van der Waals surface area contributed by atoms with Crippen molar-refractivity contribution in [1.29, 1.82) is 0 Å². The molecule has 0 aliphatic carbocycles. The van der Waals surface area contributed by atoms with E-state index in [9.17, 15) is 0 Å². The van der Waals surface area contributed by atoms with Crippen LogP contribution in [0.5, 0.6) is 0 Å². The number of aromatic nitrogens is 4.